The second kappa shape index (κ2) is 5.38. The zero-order chi connectivity index (χ0) is 9.57. The first kappa shape index (κ1) is 10.7. The lowest BCUT2D eigenvalue weighted by Crippen LogP contribution is -2.22. The van der Waals surface area contributed by atoms with E-state index in [2.05, 4.69) is 0 Å². The summed E-state index contributed by atoms with van der Waals surface area (Å²) in [5, 5.41) is 8.76. The smallest absolute Gasteiger partial charge is 0.126 e. The maximum atomic E-state index is 11.1. The van der Waals surface area contributed by atoms with E-state index in [-0.39, 0.29) is 12.0 Å². The molecule has 0 saturated heterocycles. The Balaban J connectivity index is 2.48. The molecule has 0 aromatic carbocycles. The predicted molar refractivity (Wildman–Crippen MR) is 52.5 cm³/mol. The largest absolute Gasteiger partial charge is 0.396 e. The highest BCUT2D eigenvalue weighted by Crippen LogP contribution is 2.36. The average molecular weight is 184 g/mol. The van der Waals surface area contributed by atoms with Gasteiger partial charge in [-0.15, -0.1) is 0 Å². The van der Waals surface area contributed by atoms with Crippen molar-refractivity contribution in [3.05, 3.63) is 0 Å². The molecule has 1 rings (SSSR count). The molecule has 13 heavy (non-hydrogen) atoms. The fourth-order valence-corrected chi connectivity index (χ4v) is 2.29. The third-order valence-electron chi connectivity index (χ3n) is 3.18. The van der Waals surface area contributed by atoms with Crippen LogP contribution in [0.3, 0.4) is 0 Å². The van der Waals surface area contributed by atoms with E-state index in [0.29, 0.717) is 0 Å². The number of carbonyl (C=O) groups is 1. The molecule has 0 amide bonds. The summed E-state index contributed by atoms with van der Waals surface area (Å²) in [6.45, 7) is 0.218. The maximum absolute atomic E-state index is 11.1. The Bertz CT molecular complexity index is 146. The molecule has 0 atom stereocenters. The van der Waals surface area contributed by atoms with Gasteiger partial charge in [0.2, 0.25) is 0 Å². The molecule has 1 fully saturated rings. The van der Waals surface area contributed by atoms with E-state index >= 15 is 0 Å². The first-order valence-corrected chi connectivity index (χ1v) is 5.40. The Hall–Kier alpha value is -0.370. The number of hydrogen-bond acceptors (Lipinski definition) is 2. The molecule has 1 aliphatic carbocycles. The molecule has 0 aromatic heterocycles. The molecule has 76 valence electrons. The van der Waals surface area contributed by atoms with Crippen LogP contribution in [-0.2, 0) is 4.79 Å². The number of aliphatic hydroxyl groups excluding tert-OH is 1. The zero-order valence-electron chi connectivity index (χ0n) is 8.30. The van der Waals surface area contributed by atoms with Crippen molar-refractivity contribution in [1.29, 1.82) is 0 Å². The summed E-state index contributed by atoms with van der Waals surface area (Å²) in [6.07, 6.45) is 9.80. The molecule has 0 bridgehead atoms. The molecule has 2 heteroatoms. The van der Waals surface area contributed by atoms with E-state index in [1.54, 1.807) is 0 Å². The van der Waals surface area contributed by atoms with Crippen molar-refractivity contribution >= 4 is 6.29 Å². The highest BCUT2D eigenvalue weighted by Gasteiger charge is 2.29. The van der Waals surface area contributed by atoms with E-state index in [0.717, 1.165) is 32.0 Å². The number of rotatable bonds is 4. The summed E-state index contributed by atoms with van der Waals surface area (Å²) in [5.41, 5.74) is -0.0841. The fourth-order valence-electron chi connectivity index (χ4n) is 2.29. The van der Waals surface area contributed by atoms with E-state index in [1.165, 1.54) is 25.7 Å². The van der Waals surface area contributed by atoms with Crippen LogP contribution in [-0.4, -0.2) is 18.0 Å². The van der Waals surface area contributed by atoms with Crippen molar-refractivity contribution in [2.45, 2.75) is 51.4 Å². The van der Waals surface area contributed by atoms with Crippen LogP contribution in [0.15, 0.2) is 0 Å². The Morgan fingerprint density at radius 2 is 1.77 bits per heavy atom. The Morgan fingerprint density at radius 1 is 1.15 bits per heavy atom. The minimum absolute atomic E-state index is 0.0841. The molecule has 0 heterocycles. The highest BCUT2D eigenvalue weighted by molar-refractivity contribution is 5.59. The highest BCUT2D eigenvalue weighted by atomic mass is 16.2. The summed E-state index contributed by atoms with van der Waals surface area (Å²) < 4.78 is 0. The molecule has 0 radical (unpaired) electrons. The van der Waals surface area contributed by atoms with Crippen LogP contribution in [0.4, 0.5) is 0 Å². The minimum atomic E-state index is -0.0841. The van der Waals surface area contributed by atoms with Crippen molar-refractivity contribution < 1.29 is 9.90 Å². The minimum Gasteiger partial charge on any atom is -0.396 e. The van der Waals surface area contributed by atoms with Gasteiger partial charge in [-0.2, -0.15) is 0 Å². The van der Waals surface area contributed by atoms with Crippen LogP contribution in [0, 0.1) is 5.41 Å². The first-order chi connectivity index (χ1) is 6.33. The van der Waals surface area contributed by atoms with Gasteiger partial charge in [-0.3, -0.25) is 0 Å². The van der Waals surface area contributed by atoms with Crippen molar-refractivity contribution in [2.75, 3.05) is 6.61 Å². The maximum Gasteiger partial charge on any atom is 0.126 e. The lowest BCUT2D eigenvalue weighted by atomic mass is 9.78. The van der Waals surface area contributed by atoms with Gasteiger partial charge in [-0.25, -0.2) is 0 Å². The molecule has 1 aliphatic rings. The molecule has 1 saturated carbocycles. The molecule has 0 aliphatic heterocycles. The van der Waals surface area contributed by atoms with Gasteiger partial charge in [-0.1, -0.05) is 25.7 Å². The van der Waals surface area contributed by atoms with Crippen molar-refractivity contribution in [3.63, 3.8) is 0 Å². The van der Waals surface area contributed by atoms with Crippen molar-refractivity contribution in [1.82, 2.24) is 0 Å². The molecule has 1 N–H and O–H groups in total. The van der Waals surface area contributed by atoms with Gasteiger partial charge >= 0.3 is 0 Å². The van der Waals surface area contributed by atoms with Gasteiger partial charge in [0, 0.05) is 12.0 Å². The van der Waals surface area contributed by atoms with Gasteiger partial charge in [0.15, 0.2) is 0 Å². The number of carbonyl (C=O) groups excluding carboxylic acids is 1. The summed E-state index contributed by atoms with van der Waals surface area (Å²) in [5.74, 6) is 0. The van der Waals surface area contributed by atoms with Crippen LogP contribution < -0.4 is 0 Å². The first-order valence-electron chi connectivity index (χ1n) is 5.40. The summed E-state index contributed by atoms with van der Waals surface area (Å²) >= 11 is 0. The molecule has 0 unspecified atom stereocenters. The summed E-state index contributed by atoms with van der Waals surface area (Å²) in [7, 11) is 0. The molecule has 0 aromatic rings. The van der Waals surface area contributed by atoms with Crippen LogP contribution in [0.1, 0.15) is 51.4 Å². The normalized spacial score (nSPS) is 22.2. The quantitative estimate of drug-likeness (QED) is 0.537. The Labute approximate surface area is 80.3 Å². The lowest BCUT2D eigenvalue weighted by molar-refractivity contribution is -0.117. The fraction of sp³-hybridized carbons (Fsp3) is 0.909. The van der Waals surface area contributed by atoms with E-state index in [4.69, 9.17) is 5.11 Å². The second-order valence-electron chi connectivity index (χ2n) is 4.22. The number of aliphatic hydroxyl groups is 1. The van der Waals surface area contributed by atoms with Gasteiger partial charge in [-0.05, 0) is 25.7 Å². The Morgan fingerprint density at radius 3 is 2.23 bits per heavy atom. The van der Waals surface area contributed by atoms with Gasteiger partial charge in [0.25, 0.3) is 0 Å². The van der Waals surface area contributed by atoms with Crippen LogP contribution >= 0.6 is 0 Å². The van der Waals surface area contributed by atoms with Crippen molar-refractivity contribution in [2.24, 2.45) is 5.41 Å². The third-order valence-corrected chi connectivity index (χ3v) is 3.18. The molecule has 0 spiro atoms. The Kier molecular flexibility index (Phi) is 4.43. The van der Waals surface area contributed by atoms with Crippen LogP contribution in [0.2, 0.25) is 0 Å². The number of aldehydes is 1. The molecular weight excluding hydrogens is 164 g/mol. The monoisotopic (exact) mass is 184 g/mol. The SMILES string of the molecule is O=CC1(CCCO)CCCCCC1. The predicted octanol–water partition coefficient (Wildman–Crippen LogP) is 2.30. The van der Waals surface area contributed by atoms with E-state index in [1.807, 2.05) is 0 Å². The van der Waals surface area contributed by atoms with E-state index < -0.39 is 0 Å². The summed E-state index contributed by atoms with van der Waals surface area (Å²) in [4.78, 5) is 11.1. The standard InChI is InChI=1S/C11H20O2/c12-9-5-8-11(10-13)6-3-1-2-4-7-11/h10,12H,1-9H2. The lowest BCUT2D eigenvalue weighted by Gasteiger charge is -2.25. The van der Waals surface area contributed by atoms with Gasteiger partial charge in [0.1, 0.15) is 6.29 Å². The molecular formula is C11H20O2. The van der Waals surface area contributed by atoms with Gasteiger partial charge in [0.05, 0.1) is 0 Å². The zero-order valence-corrected chi connectivity index (χ0v) is 8.30. The summed E-state index contributed by atoms with van der Waals surface area (Å²) in [6, 6.07) is 0. The molecule has 2 nitrogen and oxygen atoms in total. The van der Waals surface area contributed by atoms with Crippen LogP contribution in [0.5, 0.6) is 0 Å². The third kappa shape index (κ3) is 3.11. The topological polar surface area (TPSA) is 37.3 Å². The van der Waals surface area contributed by atoms with Crippen molar-refractivity contribution in [3.8, 4) is 0 Å². The van der Waals surface area contributed by atoms with E-state index in [9.17, 15) is 4.79 Å². The number of hydrogen-bond donors (Lipinski definition) is 1. The average Bonchev–Trinajstić information content (AvgIpc) is 2.41. The van der Waals surface area contributed by atoms with Crippen LogP contribution in [0.25, 0.3) is 0 Å². The second-order valence-corrected chi connectivity index (χ2v) is 4.22. The van der Waals surface area contributed by atoms with Gasteiger partial charge < -0.3 is 9.90 Å².